The van der Waals surface area contributed by atoms with E-state index in [2.05, 4.69) is 9.97 Å². The van der Waals surface area contributed by atoms with E-state index in [4.69, 9.17) is 9.84 Å². The van der Waals surface area contributed by atoms with Gasteiger partial charge in [-0.2, -0.15) is 0 Å². The van der Waals surface area contributed by atoms with Crippen molar-refractivity contribution in [3.63, 3.8) is 0 Å². The zero-order chi connectivity index (χ0) is 13.8. The lowest BCUT2D eigenvalue weighted by molar-refractivity contribution is 0.0697. The Morgan fingerprint density at radius 2 is 2.05 bits per heavy atom. The third kappa shape index (κ3) is 2.94. The third-order valence-corrected chi connectivity index (χ3v) is 3.29. The Morgan fingerprint density at radius 3 is 2.63 bits per heavy atom. The molecule has 0 spiro atoms. The molecule has 2 rings (SSSR count). The van der Waals surface area contributed by atoms with Gasteiger partial charge in [0, 0.05) is 4.90 Å². The van der Waals surface area contributed by atoms with Crippen LogP contribution in [0.2, 0.25) is 0 Å². The van der Waals surface area contributed by atoms with Crippen molar-refractivity contribution in [2.24, 2.45) is 0 Å². The number of methoxy groups -OCH3 is 1. The SMILES string of the molecule is COc1c(Sc2ccc(C(=O)O)cc2)nc[nH]c1=O. The maximum Gasteiger partial charge on any atom is 0.335 e. The summed E-state index contributed by atoms with van der Waals surface area (Å²) in [6.07, 6.45) is 1.29. The van der Waals surface area contributed by atoms with E-state index in [0.717, 1.165) is 4.90 Å². The van der Waals surface area contributed by atoms with Gasteiger partial charge < -0.3 is 14.8 Å². The zero-order valence-electron chi connectivity index (χ0n) is 9.91. The first kappa shape index (κ1) is 13.2. The summed E-state index contributed by atoms with van der Waals surface area (Å²) in [6.45, 7) is 0. The van der Waals surface area contributed by atoms with E-state index < -0.39 is 5.97 Å². The smallest absolute Gasteiger partial charge is 0.335 e. The zero-order valence-corrected chi connectivity index (χ0v) is 10.7. The van der Waals surface area contributed by atoms with Gasteiger partial charge in [0.25, 0.3) is 5.56 Å². The molecule has 0 saturated carbocycles. The fourth-order valence-electron chi connectivity index (χ4n) is 1.40. The second-order valence-corrected chi connectivity index (χ2v) is 4.56. The van der Waals surface area contributed by atoms with Gasteiger partial charge in [-0.3, -0.25) is 4.79 Å². The van der Waals surface area contributed by atoms with Crippen LogP contribution < -0.4 is 10.3 Å². The first-order valence-electron chi connectivity index (χ1n) is 5.24. The fraction of sp³-hybridized carbons (Fsp3) is 0.0833. The van der Waals surface area contributed by atoms with Crippen molar-refractivity contribution in [1.82, 2.24) is 9.97 Å². The molecule has 0 saturated heterocycles. The molecular formula is C12H10N2O4S. The number of H-pyrrole nitrogens is 1. The van der Waals surface area contributed by atoms with Crippen LogP contribution in [0, 0.1) is 0 Å². The third-order valence-electron chi connectivity index (χ3n) is 2.30. The van der Waals surface area contributed by atoms with Crippen molar-refractivity contribution < 1.29 is 14.6 Å². The first-order chi connectivity index (χ1) is 9.11. The number of rotatable bonds is 4. The average Bonchev–Trinajstić information content (AvgIpc) is 2.39. The number of hydrogen-bond donors (Lipinski definition) is 2. The van der Waals surface area contributed by atoms with Gasteiger partial charge in [-0.05, 0) is 24.3 Å². The normalized spacial score (nSPS) is 10.2. The number of aromatic nitrogens is 2. The Bertz CT molecular complexity index is 652. The number of aromatic carboxylic acids is 1. The standard InChI is InChI=1S/C12H10N2O4S/c1-18-9-10(15)13-6-14-11(9)19-8-4-2-7(3-5-8)12(16)17/h2-6H,1H3,(H,16,17)(H,13,14,15). The van der Waals surface area contributed by atoms with Crippen molar-refractivity contribution in [3.8, 4) is 5.75 Å². The summed E-state index contributed by atoms with van der Waals surface area (Å²) >= 11 is 1.22. The molecule has 98 valence electrons. The summed E-state index contributed by atoms with van der Waals surface area (Å²) in [4.78, 5) is 29.4. The van der Waals surface area contributed by atoms with E-state index in [0.29, 0.717) is 5.03 Å². The van der Waals surface area contributed by atoms with Gasteiger partial charge >= 0.3 is 5.97 Å². The number of aromatic amines is 1. The van der Waals surface area contributed by atoms with Gasteiger partial charge in [0.15, 0.2) is 5.03 Å². The number of carbonyl (C=O) groups is 1. The average molecular weight is 278 g/mol. The van der Waals surface area contributed by atoms with Crippen LogP contribution in [-0.4, -0.2) is 28.2 Å². The van der Waals surface area contributed by atoms with Gasteiger partial charge in [0.05, 0.1) is 19.0 Å². The summed E-state index contributed by atoms with van der Waals surface area (Å²) in [5.41, 5.74) is -0.155. The number of ether oxygens (including phenoxy) is 1. The maximum absolute atomic E-state index is 11.5. The summed E-state index contributed by atoms with van der Waals surface area (Å²) in [5, 5.41) is 9.22. The molecule has 2 aromatic rings. The second-order valence-electron chi connectivity index (χ2n) is 3.50. The van der Waals surface area contributed by atoms with E-state index in [1.54, 1.807) is 12.1 Å². The highest BCUT2D eigenvalue weighted by atomic mass is 32.2. The lowest BCUT2D eigenvalue weighted by Crippen LogP contribution is -2.10. The van der Waals surface area contributed by atoms with Crippen molar-refractivity contribution in [2.75, 3.05) is 7.11 Å². The van der Waals surface area contributed by atoms with Gasteiger partial charge in [-0.25, -0.2) is 9.78 Å². The molecule has 0 radical (unpaired) electrons. The molecule has 0 aliphatic heterocycles. The quantitative estimate of drug-likeness (QED) is 0.826. The molecule has 0 aliphatic rings. The van der Waals surface area contributed by atoms with E-state index in [9.17, 15) is 9.59 Å². The maximum atomic E-state index is 11.5. The van der Waals surface area contributed by atoms with Crippen molar-refractivity contribution in [3.05, 3.63) is 46.5 Å². The molecular weight excluding hydrogens is 268 g/mol. The van der Waals surface area contributed by atoms with Crippen molar-refractivity contribution in [2.45, 2.75) is 9.92 Å². The largest absolute Gasteiger partial charge is 0.489 e. The van der Waals surface area contributed by atoms with Crippen LogP contribution >= 0.6 is 11.8 Å². The molecule has 0 fully saturated rings. The van der Waals surface area contributed by atoms with Crippen molar-refractivity contribution >= 4 is 17.7 Å². The molecule has 19 heavy (non-hydrogen) atoms. The summed E-state index contributed by atoms with van der Waals surface area (Å²) in [7, 11) is 1.39. The Labute approximate surface area is 112 Å². The Balaban J connectivity index is 2.29. The van der Waals surface area contributed by atoms with Gasteiger partial charge in [-0.15, -0.1) is 0 Å². The minimum Gasteiger partial charge on any atom is -0.489 e. The lowest BCUT2D eigenvalue weighted by Gasteiger charge is -2.05. The molecule has 0 amide bonds. The lowest BCUT2D eigenvalue weighted by atomic mass is 10.2. The molecule has 0 aliphatic carbocycles. The van der Waals surface area contributed by atoms with Crippen LogP contribution in [0.5, 0.6) is 5.75 Å². The Hall–Kier alpha value is -2.28. The molecule has 2 N–H and O–H groups in total. The van der Waals surface area contributed by atoms with Crippen LogP contribution in [0.3, 0.4) is 0 Å². The molecule has 1 heterocycles. The predicted molar refractivity (Wildman–Crippen MR) is 68.9 cm³/mol. The highest BCUT2D eigenvalue weighted by Crippen LogP contribution is 2.30. The van der Waals surface area contributed by atoms with Gasteiger partial charge in [0.2, 0.25) is 5.75 Å². The fourth-order valence-corrected chi connectivity index (χ4v) is 2.27. The van der Waals surface area contributed by atoms with E-state index in [1.807, 2.05) is 0 Å². The molecule has 7 heteroatoms. The Morgan fingerprint density at radius 1 is 1.37 bits per heavy atom. The van der Waals surface area contributed by atoms with E-state index >= 15 is 0 Å². The first-order valence-corrected chi connectivity index (χ1v) is 6.06. The number of carboxylic acids is 1. The molecule has 0 atom stereocenters. The van der Waals surface area contributed by atoms with E-state index in [-0.39, 0.29) is 16.9 Å². The molecule has 1 aromatic heterocycles. The number of hydrogen-bond acceptors (Lipinski definition) is 5. The van der Waals surface area contributed by atoms with Gasteiger partial charge in [0.1, 0.15) is 0 Å². The topological polar surface area (TPSA) is 92.3 Å². The highest BCUT2D eigenvalue weighted by Gasteiger charge is 2.11. The number of benzene rings is 1. The Kier molecular flexibility index (Phi) is 3.86. The molecule has 0 bridgehead atoms. The van der Waals surface area contributed by atoms with Crippen LogP contribution in [0.1, 0.15) is 10.4 Å². The monoisotopic (exact) mass is 278 g/mol. The van der Waals surface area contributed by atoms with Gasteiger partial charge in [-0.1, -0.05) is 11.8 Å². The van der Waals surface area contributed by atoms with Crippen LogP contribution in [0.15, 0.2) is 45.3 Å². The second kappa shape index (κ2) is 5.57. The number of nitrogens with zero attached hydrogens (tertiary/aromatic N) is 1. The predicted octanol–water partition coefficient (Wildman–Crippen LogP) is 1.63. The molecule has 0 unspecified atom stereocenters. The van der Waals surface area contributed by atoms with Crippen LogP contribution in [0.4, 0.5) is 0 Å². The summed E-state index contributed by atoms with van der Waals surface area (Å²) in [6, 6.07) is 6.28. The summed E-state index contributed by atoms with van der Waals surface area (Å²) < 4.78 is 4.99. The molecule has 1 aromatic carbocycles. The van der Waals surface area contributed by atoms with Crippen molar-refractivity contribution in [1.29, 1.82) is 0 Å². The van der Waals surface area contributed by atoms with E-state index in [1.165, 1.54) is 37.3 Å². The number of nitrogens with one attached hydrogen (secondary N) is 1. The van der Waals surface area contributed by atoms with Crippen LogP contribution in [-0.2, 0) is 0 Å². The minimum absolute atomic E-state index is 0.134. The van der Waals surface area contributed by atoms with Crippen LogP contribution in [0.25, 0.3) is 0 Å². The summed E-state index contributed by atoms with van der Waals surface area (Å²) in [5.74, 6) is -0.849. The number of carboxylic acid groups (broad SMARTS) is 1. The molecule has 6 nitrogen and oxygen atoms in total. The highest BCUT2D eigenvalue weighted by molar-refractivity contribution is 7.99. The minimum atomic E-state index is -0.983.